The van der Waals surface area contributed by atoms with Gasteiger partial charge in [-0.25, -0.2) is 41.9 Å². The van der Waals surface area contributed by atoms with E-state index in [0.717, 1.165) is 50.7 Å². The molecule has 0 aromatic heterocycles. The molecular weight excluding hydrogens is 760 g/mol. The molecule has 0 saturated heterocycles. The number of anilines is 2. The summed E-state index contributed by atoms with van der Waals surface area (Å²) in [6.45, 7) is 16.2. The van der Waals surface area contributed by atoms with Crippen LogP contribution >= 0.6 is 0 Å². The Morgan fingerprint density at radius 2 is 1.00 bits per heavy atom. The molecule has 4 rings (SSSR count). The molecule has 0 radical (unpaired) electrons. The molecule has 2 aliphatic carbocycles. The first-order valence-electron chi connectivity index (χ1n) is 20.5. The number of unbranched alkanes of at least 4 members (excludes halogenated alkanes) is 6. The number of hydrogen-bond acceptors (Lipinski definition) is 2. The van der Waals surface area contributed by atoms with Crippen LogP contribution in [0.1, 0.15) is 145 Å². The van der Waals surface area contributed by atoms with Crippen LogP contribution in [0.5, 0.6) is 0 Å². The molecule has 4 nitrogen and oxygen atoms in total. The van der Waals surface area contributed by atoms with Crippen molar-refractivity contribution in [3.63, 3.8) is 0 Å². The molecule has 4 atom stereocenters. The van der Waals surface area contributed by atoms with Gasteiger partial charge in [0.2, 0.25) is 11.8 Å². The van der Waals surface area contributed by atoms with Gasteiger partial charge in [0.15, 0.2) is 0 Å². The van der Waals surface area contributed by atoms with Gasteiger partial charge in [0, 0.05) is 34.1 Å². The van der Waals surface area contributed by atoms with Crippen molar-refractivity contribution in [2.75, 3.05) is 10.6 Å². The van der Waals surface area contributed by atoms with Gasteiger partial charge in [-0.05, 0) is 48.9 Å². The van der Waals surface area contributed by atoms with Crippen LogP contribution in [0.2, 0.25) is 0 Å². The monoisotopic (exact) mass is 826 g/mol. The minimum Gasteiger partial charge on any atom is -0.376 e. The van der Waals surface area contributed by atoms with Crippen molar-refractivity contribution in [2.24, 2.45) is 22.7 Å². The van der Waals surface area contributed by atoms with E-state index in [9.17, 15) is 27.2 Å². The predicted molar refractivity (Wildman–Crippen MR) is 223 cm³/mol. The van der Waals surface area contributed by atoms with Gasteiger partial charge in [0.25, 0.3) is 0 Å². The van der Waals surface area contributed by atoms with E-state index in [2.05, 4.69) is 62.6 Å². The van der Waals surface area contributed by atoms with Crippen LogP contribution in [0.4, 0.5) is 28.9 Å². The van der Waals surface area contributed by atoms with Crippen LogP contribution in [0, 0.1) is 70.2 Å². The van der Waals surface area contributed by atoms with Gasteiger partial charge in [-0.15, -0.1) is 49.2 Å². The summed E-state index contributed by atoms with van der Waals surface area (Å²) < 4.78 is 53.2. The molecule has 0 saturated carbocycles. The molecule has 0 spiro atoms. The Balaban J connectivity index is 0.000000865. The van der Waals surface area contributed by atoms with Crippen molar-refractivity contribution in [3.05, 3.63) is 108 Å². The fourth-order valence-electron chi connectivity index (χ4n) is 6.15. The molecule has 312 valence electrons. The Kier molecular flexibility index (Phi) is 28.2. The molecule has 57 heavy (non-hydrogen) atoms. The SMILES string of the molecule is CCCCCCC(C)C(C)(CC)C(=O)Nc1ccc(F)[c-]c1F.CCCCCCC(C)C(C)(CC)C(=O)Nc1ccc(F)[c-]c1F.[C-]1=CC=CC1.[C-]1=CC=CC1.[Ti+4]. The predicted octanol–water partition coefficient (Wildman–Crippen LogP) is 14.1. The van der Waals surface area contributed by atoms with E-state index in [1.165, 1.54) is 50.7 Å². The number of allylic oxidation sites excluding steroid dienone is 8. The summed E-state index contributed by atoms with van der Waals surface area (Å²) >= 11 is 0. The average molecular weight is 827 g/mol. The van der Waals surface area contributed by atoms with Crippen molar-refractivity contribution < 1.29 is 48.9 Å². The summed E-state index contributed by atoms with van der Waals surface area (Å²) in [5, 5.41) is 5.20. The van der Waals surface area contributed by atoms with Crippen LogP contribution < -0.4 is 10.6 Å². The number of carbonyl (C=O) groups is 2. The van der Waals surface area contributed by atoms with E-state index in [1.807, 2.05) is 64.1 Å². The Hall–Kier alpha value is -3.23. The van der Waals surface area contributed by atoms with Crippen LogP contribution in [-0.2, 0) is 31.3 Å². The molecule has 2 aromatic carbocycles. The summed E-state index contributed by atoms with van der Waals surface area (Å²) in [6, 6.07) is 8.55. The molecular formula is C48H66F4N2O2Ti. The first-order chi connectivity index (χ1) is 26.7. The second-order valence-corrected chi connectivity index (χ2v) is 15.0. The summed E-state index contributed by atoms with van der Waals surface area (Å²) in [4.78, 5) is 25.3. The van der Waals surface area contributed by atoms with E-state index in [1.54, 1.807) is 0 Å². The van der Waals surface area contributed by atoms with Gasteiger partial charge in [-0.1, -0.05) is 107 Å². The molecule has 2 aromatic rings. The standard InChI is InChI=1S/2C19H28F2NO.2C5H5.Ti/c2*1-5-7-8-9-10-14(3)19(4,6-2)18(23)22-17-12-11-15(20)13-16(17)21;2*1-2-4-5-3-1;/h2*11-12,14H,5-10H2,1-4H3,(H,22,23);2*1-3H,4H2;/q4*-1;+4. The first kappa shape index (κ1) is 53.8. The second-order valence-electron chi connectivity index (χ2n) is 15.0. The molecule has 0 fully saturated rings. The van der Waals surface area contributed by atoms with Crippen LogP contribution in [0.15, 0.2) is 60.7 Å². The zero-order valence-electron chi connectivity index (χ0n) is 35.7. The maximum atomic E-state index is 13.7. The number of halogens is 4. The molecule has 0 bridgehead atoms. The maximum Gasteiger partial charge on any atom is 4.00 e. The largest absolute Gasteiger partial charge is 4.00 e. The van der Waals surface area contributed by atoms with Gasteiger partial charge in [0.1, 0.15) is 0 Å². The van der Waals surface area contributed by atoms with Gasteiger partial charge >= 0.3 is 21.7 Å². The third-order valence-electron chi connectivity index (χ3n) is 11.1. The third kappa shape index (κ3) is 19.9. The Bertz CT molecular complexity index is 1440. The zero-order valence-corrected chi connectivity index (χ0v) is 37.2. The molecule has 0 heterocycles. The second kappa shape index (κ2) is 29.9. The molecule has 2 N–H and O–H groups in total. The third-order valence-corrected chi connectivity index (χ3v) is 11.1. The van der Waals surface area contributed by atoms with E-state index < -0.39 is 34.1 Å². The van der Waals surface area contributed by atoms with E-state index >= 15 is 0 Å². The number of benzene rings is 2. The van der Waals surface area contributed by atoms with Crippen LogP contribution in [0.3, 0.4) is 0 Å². The summed E-state index contributed by atoms with van der Waals surface area (Å²) in [5.74, 6) is -3.34. The van der Waals surface area contributed by atoms with Gasteiger partial charge in [0.05, 0.1) is 0 Å². The number of carbonyl (C=O) groups excluding carboxylic acids is 2. The van der Waals surface area contributed by atoms with Crippen molar-refractivity contribution in [1.82, 2.24) is 0 Å². The Morgan fingerprint density at radius 3 is 1.25 bits per heavy atom. The zero-order chi connectivity index (χ0) is 42.0. The summed E-state index contributed by atoms with van der Waals surface area (Å²) in [6.07, 6.45) is 32.6. The van der Waals surface area contributed by atoms with Crippen molar-refractivity contribution in [1.29, 1.82) is 0 Å². The van der Waals surface area contributed by atoms with E-state index in [4.69, 9.17) is 0 Å². The first-order valence-corrected chi connectivity index (χ1v) is 20.5. The molecule has 2 amide bonds. The van der Waals surface area contributed by atoms with Crippen molar-refractivity contribution >= 4 is 23.2 Å². The average Bonchev–Trinajstić information content (AvgIpc) is 3.98. The van der Waals surface area contributed by atoms with E-state index in [0.29, 0.717) is 12.8 Å². The normalized spacial score (nSPS) is 15.2. The molecule has 9 heteroatoms. The maximum absolute atomic E-state index is 13.7. The van der Waals surface area contributed by atoms with Crippen LogP contribution in [0.25, 0.3) is 0 Å². The Morgan fingerprint density at radius 1 is 0.632 bits per heavy atom. The summed E-state index contributed by atoms with van der Waals surface area (Å²) in [5.41, 5.74) is -1.19. The molecule has 2 aliphatic rings. The van der Waals surface area contributed by atoms with Crippen molar-refractivity contribution in [2.45, 2.75) is 145 Å². The topological polar surface area (TPSA) is 58.2 Å². The number of hydrogen-bond donors (Lipinski definition) is 2. The van der Waals surface area contributed by atoms with Crippen LogP contribution in [-0.4, -0.2) is 11.8 Å². The minimum atomic E-state index is -0.868. The minimum absolute atomic E-state index is 0. The van der Waals surface area contributed by atoms with E-state index in [-0.39, 0.29) is 56.7 Å². The number of nitrogens with one attached hydrogen (secondary N) is 2. The number of amides is 2. The Labute approximate surface area is 357 Å². The van der Waals surface area contributed by atoms with Gasteiger partial charge in [-0.2, -0.15) is 12.2 Å². The number of rotatable bonds is 18. The van der Waals surface area contributed by atoms with Gasteiger partial charge in [-0.3, -0.25) is 21.7 Å². The fourth-order valence-corrected chi connectivity index (χ4v) is 6.15. The molecule has 4 unspecified atom stereocenters. The fraction of sp³-hybridized carbons (Fsp3) is 0.542. The molecule has 0 aliphatic heterocycles. The quantitative estimate of drug-likeness (QED) is 0.0681. The van der Waals surface area contributed by atoms with Gasteiger partial charge < -0.3 is 10.6 Å². The summed E-state index contributed by atoms with van der Waals surface area (Å²) in [7, 11) is 0. The smallest absolute Gasteiger partial charge is 0.376 e. The van der Waals surface area contributed by atoms with Crippen molar-refractivity contribution in [3.8, 4) is 0 Å².